The summed E-state index contributed by atoms with van der Waals surface area (Å²) in [7, 11) is -3.16. The number of carbonyl (C=O) groups is 2. The van der Waals surface area contributed by atoms with Crippen LogP contribution in [0.1, 0.15) is 25.8 Å². The van der Waals surface area contributed by atoms with Crippen LogP contribution in [0.15, 0.2) is 24.3 Å². The highest BCUT2D eigenvalue weighted by Crippen LogP contribution is 2.20. The number of sulfone groups is 1. The molecule has 154 valence electrons. The molecule has 1 aliphatic rings. The fraction of sp³-hybridized carbons (Fsp3) is 0.556. The Labute approximate surface area is 163 Å². The molecular formula is C18H24N2O7S. The van der Waals surface area contributed by atoms with Gasteiger partial charge in [-0.05, 0) is 12.3 Å². The van der Waals surface area contributed by atoms with Crippen LogP contribution in [-0.4, -0.2) is 60.8 Å². The van der Waals surface area contributed by atoms with Gasteiger partial charge in [0.15, 0.2) is 16.4 Å². The van der Waals surface area contributed by atoms with E-state index in [-0.39, 0.29) is 35.1 Å². The molecule has 0 saturated carbocycles. The molecule has 0 N–H and O–H groups in total. The second-order valence-corrected chi connectivity index (χ2v) is 9.45. The third-order valence-electron chi connectivity index (χ3n) is 4.41. The van der Waals surface area contributed by atoms with Crippen molar-refractivity contribution in [2.75, 3.05) is 24.7 Å². The quantitative estimate of drug-likeness (QED) is 0.359. The lowest BCUT2D eigenvalue weighted by Gasteiger charge is -2.29. The van der Waals surface area contributed by atoms with Crippen molar-refractivity contribution >= 4 is 27.4 Å². The van der Waals surface area contributed by atoms with Crippen molar-refractivity contribution in [2.24, 2.45) is 5.92 Å². The van der Waals surface area contributed by atoms with E-state index in [1.807, 2.05) is 13.8 Å². The largest absolute Gasteiger partial charge is 0.455 e. The molecule has 9 nitrogen and oxygen atoms in total. The Balaban J connectivity index is 1.98. The van der Waals surface area contributed by atoms with E-state index in [0.717, 1.165) is 0 Å². The molecule has 0 aromatic heterocycles. The van der Waals surface area contributed by atoms with Crippen LogP contribution in [0, 0.1) is 16.0 Å². The van der Waals surface area contributed by atoms with Crippen molar-refractivity contribution < 1.29 is 27.7 Å². The van der Waals surface area contributed by atoms with Crippen molar-refractivity contribution in [3.63, 3.8) is 0 Å². The molecule has 1 atom stereocenters. The summed E-state index contributed by atoms with van der Waals surface area (Å²) >= 11 is 0. The fourth-order valence-corrected chi connectivity index (χ4v) is 4.87. The molecule has 0 aliphatic carbocycles. The number of amides is 1. The van der Waals surface area contributed by atoms with Crippen molar-refractivity contribution in [1.29, 1.82) is 0 Å². The zero-order chi connectivity index (χ0) is 20.9. The summed E-state index contributed by atoms with van der Waals surface area (Å²) < 4.78 is 28.5. The lowest BCUT2D eigenvalue weighted by Crippen LogP contribution is -2.45. The minimum absolute atomic E-state index is 0.0387. The van der Waals surface area contributed by atoms with Gasteiger partial charge in [0.05, 0.1) is 22.8 Å². The van der Waals surface area contributed by atoms with Crippen molar-refractivity contribution in [1.82, 2.24) is 4.90 Å². The van der Waals surface area contributed by atoms with E-state index < -0.39 is 39.3 Å². The van der Waals surface area contributed by atoms with Gasteiger partial charge >= 0.3 is 5.97 Å². The summed E-state index contributed by atoms with van der Waals surface area (Å²) in [6, 6.07) is 5.39. The summed E-state index contributed by atoms with van der Waals surface area (Å²) in [5.74, 6) is -1.15. The third-order valence-corrected chi connectivity index (χ3v) is 6.16. The molecule has 0 spiro atoms. The normalized spacial score (nSPS) is 18.0. The van der Waals surface area contributed by atoms with Gasteiger partial charge in [-0.2, -0.15) is 0 Å². The number of carbonyl (C=O) groups excluding carboxylic acids is 2. The number of esters is 1. The SMILES string of the molecule is CC(C)CN(C(=O)COC(=O)Cc1ccccc1[N+](=O)[O-])[C@@H]1CCS(=O)(=O)C1. The molecule has 1 heterocycles. The Morgan fingerprint density at radius 3 is 2.57 bits per heavy atom. The minimum Gasteiger partial charge on any atom is -0.455 e. The van der Waals surface area contributed by atoms with Crippen molar-refractivity contribution in [3.8, 4) is 0 Å². The lowest BCUT2D eigenvalue weighted by atomic mass is 10.1. The summed E-state index contributed by atoms with van der Waals surface area (Å²) in [5, 5.41) is 11.0. The highest BCUT2D eigenvalue weighted by atomic mass is 32.2. The minimum atomic E-state index is -3.16. The van der Waals surface area contributed by atoms with Gasteiger partial charge < -0.3 is 9.64 Å². The highest BCUT2D eigenvalue weighted by Gasteiger charge is 2.35. The number of benzene rings is 1. The fourth-order valence-electron chi connectivity index (χ4n) is 3.14. The zero-order valence-corrected chi connectivity index (χ0v) is 16.7. The van der Waals surface area contributed by atoms with Crippen LogP contribution in [0.5, 0.6) is 0 Å². The molecule has 1 saturated heterocycles. The molecular weight excluding hydrogens is 388 g/mol. The Morgan fingerprint density at radius 1 is 1.32 bits per heavy atom. The van der Waals surface area contributed by atoms with Crippen LogP contribution < -0.4 is 0 Å². The van der Waals surface area contributed by atoms with Crippen LogP contribution >= 0.6 is 0 Å². The molecule has 0 bridgehead atoms. The number of rotatable bonds is 8. The van der Waals surface area contributed by atoms with Gasteiger partial charge in [-0.15, -0.1) is 0 Å². The van der Waals surface area contributed by atoms with Gasteiger partial charge in [-0.25, -0.2) is 8.42 Å². The van der Waals surface area contributed by atoms with Crippen LogP contribution in [0.4, 0.5) is 5.69 Å². The number of para-hydroxylation sites is 1. The molecule has 28 heavy (non-hydrogen) atoms. The van der Waals surface area contributed by atoms with E-state index in [4.69, 9.17) is 4.74 Å². The summed E-state index contributed by atoms with van der Waals surface area (Å²) in [5.41, 5.74) is 0.00856. The average molecular weight is 412 g/mol. The van der Waals surface area contributed by atoms with Gasteiger partial charge in [0.2, 0.25) is 0 Å². The maximum absolute atomic E-state index is 12.6. The zero-order valence-electron chi connectivity index (χ0n) is 15.9. The van der Waals surface area contributed by atoms with E-state index >= 15 is 0 Å². The molecule has 10 heteroatoms. The van der Waals surface area contributed by atoms with Crippen LogP contribution in [0.25, 0.3) is 0 Å². The first-order chi connectivity index (χ1) is 13.1. The molecule has 0 unspecified atom stereocenters. The first-order valence-electron chi connectivity index (χ1n) is 8.97. The average Bonchev–Trinajstić information content (AvgIpc) is 2.97. The van der Waals surface area contributed by atoms with E-state index in [1.54, 1.807) is 6.07 Å². The van der Waals surface area contributed by atoms with E-state index in [1.165, 1.54) is 23.1 Å². The predicted molar refractivity (Wildman–Crippen MR) is 101 cm³/mol. The van der Waals surface area contributed by atoms with Crippen LogP contribution in [-0.2, 0) is 30.6 Å². The van der Waals surface area contributed by atoms with E-state index in [9.17, 15) is 28.1 Å². The first-order valence-corrected chi connectivity index (χ1v) is 10.8. The topological polar surface area (TPSA) is 124 Å². The highest BCUT2D eigenvalue weighted by molar-refractivity contribution is 7.91. The smallest absolute Gasteiger partial charge is 0.311 e. The molecule has 1 aromatic rings. The van der Waals surface area contributed by atoms with E-state index in [0.29, 0.717) is 13.0 Å². The Hall–Kier alpha value is -2.49. The van der Waals surface area contributed by atoms with Crippen LogP contribution in [0.2, 0.25) is 0 Å². The first kappa shape index (κ1) is 21.8. The number of ether oxygens (including phenoxy) is 1. The van der Waals surface area contributed by atoms with Crippen LogP contribution in [0.3, 0.4) is 0 Å². The third kappa shape index (κ3) is 6.01. The number of nitro groups is 1. The van der Waals surface area contributed by atoms with E-state index in [2.05, 4.69) is 0 Å². The van der Waals surface area contributed by atoms with Gasteiger partial charge in [0.25, 0.3) is 11.6 Å². The molecule has 1 aromatic carbocycles. The molecule has 2 rings (SSSR count). The Morgan fingerprint density at radius 2 is 2.00 bits per heavy atom. The monoisotopic (exact) mass is 412 g/mol. The Kier molecular flexibility index (Phi) is 7.11. The van der Waals surface area contributed by atoms with Gasteiger partial charge in [0.1, 0.15) is 0 Å². The lowest BCUT2D eigenvalue weighted by molar-refractivity contribution is -0.385. The summed E-state index contributed by atoms with van der Waals surface area (Å²) in [6.45, 7) is 3.65. The van der Waals surface area contributed by atoms with Crippen molar-refractivity contribution in [2.45, 2.75) is 32.7 Å². The number of nitro benzene ring substituents is 1. The number of hydrogen-bond acceptors (Lipinski definition) is 7. The second kappa shape index (κ2) is 9.13. The Bertz CT molecular complexity index is 851. The number of nitrogens with zero attached hydrogens (tertiary/aromatic N) is 2. The van der Waals surface area contributed by atoms with Gasteiger partial charge in [-0.3, -0.25) is 19.7 Å². The molecule has 0 radical (unpaired) electrons. The second-order valence-electron chi connectivity index (χ2n) is 7.22. The summed E-state index contributed by atoms with van der Waals surface area (Å²) in [6.07, 6.45) is 0.0391. The van der Waals surface area contributed by atoms with Crippen molar-refractivity contribution in [3.05, 3.63) is 39.9 Å². The number of hydrogen-bond donors (Lipinski definition) is 0. The predicted octanol–water partition coefficient (Wildman–Crippen LogP) is 1.35. The molecule has 1 fully saturated rings. The maximum atomic E-state index is 12.6. The summed E-state index contributed by atoms with van der Waals surface area (Å²) in [4.78, 5) is 36.5. The standard InChI is InChI=1S/C18H24N2O7S/c1-13(2)10-19(15-7-8-28(25,26)12-15)17(21)11-27-18(22)9-14-5-3-4-6-16(14)20(23)24/h3-6,13,15H,7-12H2,1-2H3/t15-/m1/s1. The maximum Gasteiger partial charge on any atom is 0.311 e. The molecule has 1 amide bonds. The van der Waals surface area contributed by atoms with Gasteiger partial charge in [0, 0.05) is 24.2 Å². The molecule has 1 aliphatic heterocycles. The van der Waals surface area contributed by atoms with Gasteiger partial charge in [-0.1, -0.05) is 32.0 Å².